The number of hydrogen-bond donors (Lipinski definition) is 0. The normalized spacial score (nSPS) is 18.0. The summed E-state index contributed by atoms with van der Waals surface area (Å²) in [5.74, 6) is 0.311. The zero-order valence-corrected chi connectivity index (χ0v) is 19.6. The first kappa shape index (κ1) is 21.3. The molecule has 3 heterocycles. The van der Waals surface area contributed by atoms with Crippen LogP contribution < -0.4 is 9.86 Å². The van der Waals surface area contributed by atoms with Crippen LogP contribution in [0, 0.1) is 0 Å². The van der Waals surface area contributed by atoms with Gasteiger partial charge in [-0.15, -0.1) is 11.3 Å². The van der Waals surface area contributed by atoms with Crippen molar-refractivity contribution in [3.63, 3.8) is 0 Å². The van der Waals surface area contributed by atoms with Crippen molar-refractivity contribution < 1.29 is 8.42 Å². The number of nitrogens with zero attached hydrogens (tertiary/aromatic N) is 2. The Hall–Kier alpha value is -2.58. The zero-order chi connectivity index (χ0) is 22.5. The van der Waals surface area contributed by atoms with Crippen LogP contribution in [0.25, 0.3) is 0 Å². The molecular formula is C23H16Cl2N2O3S2. The summed E-state index contributed by atoms with van der Waals surface area (Å²) in [6, 6.07) is 20.8. The standard InChI is InChI=1S/C23H16Cl2N2O3S2/c24-17-10-6-15(7-11-17)22-23(16-8-12-18(25)13-9-16)27(19-3-1-4-20(28)26(19)22)32(29,30)21-5-2-14-31-21/h1-14,22-23H/t22-,23+/m0/s1. The Labute approximate surface area is 199 Å². The molecule has 9 heteroatoms. The number of pyridine rings is 1. The number of anilines is 1. The molecule has 0 bridgehead atoms. The molecule has 0 radical (unpaired) electrons. The van der Waals surface area contributed by atoms with E-state index >= 15 is 0 Å². The summed E-state index contributed by atoms with van der Waals surface area (Å²) >= 11 is 13.4. The number of halogens is 2. The summed E-state index contributed by atoms with van der Waals surface area (Å²) in [6.45, 7) is 0. The lowest BCUT2D eigenvalue weighted by Crippen LogP contribution is -2.33. The first-order valence-electron chi connectivity index (χ1n) is 9.68. The molecule has 0 amide bonds. The van der Waals surface area contributed by atoms with Gasteiger partial charge in [-0.05, 0) is 52.9 Å². The Morgan fingerprint density at radius 1 is 0.750 bits per heavy atom. The summed E-state index contributed by atoms with van der Waals surface area (Å²) in [6.07, 6.45) is 0. The molecule has 0 saturated heterocycles. The Morgan fingerprint density at radius 2 is 1.34 bits per heavy atom. The van der Waals surface area contributed by atoms with Crippen molar-refractivity contribution in [2.24, 2.45) is 0 Å². The smallest absolute Gasteiger partial charge is 0.275 e. The SMILES string of the molecule is O=c1cccc2n1[C@@H](c1ccc(Cl)cc1)[C@@H](c1ccc(Cl)cc1)N2S(=O)(=O)c1cccs1. The van der Waals surface area contributed by atoms with Gasteiger partial charge in [-0.25, -0.2) is 12.7 Å². The van der Waals surface area contributed by atoms with Crippen LogP contribution in [-0.2, 0) is 10.0 Å². The number of hydrogen-bond acceptors (Lipinski definition) is 4. The Bertz CT molecular complexity index is 1430. The monoisotopic (exact) mass is 502 g/mol. The summed E-state index contributed by atoms with van der Waals surface area (Å²) in [7, 11) is -3.95. The Kier molecular flexibility index (Phi) is 5.37. The lowest BCUT2D eigenvalue weighted by Gasteiger charge is -2.28. The third kappa shape index (κ3) is 3.46. The third-order valence-corrected chi connectivity index (χ3v) is 9.12. The van der Waals surface area contributed by atoms with Crippen molar-refractivity contribution in [2.75, 3.05) is 4.31 Å². The Balaban J connectivity index is 1.82. The minimum Gasteiger partial charge on any atom is -0.284 e. The molecule has 0 unspecified atom stereocenters. The predicted molar refractivity (Wildman–Crippen MR) is 128 cm³/mol. The van der Waals surface area contributed by atoms with Crippen LogP contribution in [-0.4, -0.2) is 13.0 Å². The highest BCUT2D eigenvalue weighted by molar-refractivity contribution is 7.94. The van der Waals surface area contributed by atoms with Gasteiger partial charge in [-0.2, -0.15) is 0 Å². The van der Waals surface area contributed by atoms with E-state index in [2.05, 4.69) is 0 Å². The van der Waals surface area contributed by atoms with E-state index in [0.29, 0.717) is 15.9 Å². The van der Waals surface area contributed by atoms with Crippen molar-refractivity contribution in [3.8, 4) is 0 Å². The lowest BCUT2D eigenvalue weighted by molar-refractivity contribution is 0.530. The molecule has 32 heavy (non-hydrogen) atoms. The number of fused-ring (bicyclic) bond motifs is 1. The molecule has 162 valence electrons. The molecule has 1 aliphatic rings. The van der Waals surface area contributed by atoms with Gasteiger partial charge in [0.1, 0.15) is 10.0 Å². The quantitative estimate of drug-likeness (QED) is 0.356. The van der Waals surface area contributed by atoms with Gasteiger partial charge in [-0.3, -0.25) is 9.36 Å². The van der Waals surface area contributed by atoms with Gasteiger partial charge < -0.3 is 0 Å². The number of rotatable bonds is 4. The topological polar surface area (TPSA) is 59.4 Å². The molecule has 0 saturated carbocycles. The van der Waals surface area contributed by atoms with Crippen molar-refractivity contribution in [1.82, 2.24) is 4.57 Å². The number of benzene rings is 2. The fourth-order valence-corrected chi connectivity index (χ4v) is 7.08. The maximum Gasteiger partial charge on any atom is 0.275 e. The molecule has 5 nitrogen and oxygen atoms in total. The van der Waals surface area contributed by atoms with E-state index in [1.54, 1.807) is 66.0 Å². The second kappa shape index (κ2) is 8.08. The highest BCUT2D eigenvalue weighted by Gasteiger charge is 2.47. The van der Waals surface area contributed by atoms with E-state index in [4.69, 9.17) is 23.2 Å². The third-order valence-electron chi connectivity index (χ3n) is 5.46. The van der Waals surface area contributed by atoms with Crippen molar-refractivity contribution in [1.29, 1.82) is 0 Å². The van der Waals surface area contributed by atoms with Crippen LogP contribution in [0.3, 0.4) is 0 Å². The number of sulfonamides is 1. The van der Waals surface area contributed by atoms with E-state index in [1.165, 1.54) is 14.9 Å². The first-order chi connectivity index (χ1) is 15.4. The number of aromatic nitrogens is 1. The van der Waals surface area contributed by atoms with Gasteiger partial charge in [0, 0.05) is 16.1 Å². The van der Waals surface area contributed by atoms with Gasteiger partial charge >= 0.3 is 0 Å². The van der Waals surface area contributed by atoms with Gasteiger partial charge in [0.15, 0.2) is 0 Å². The maximum absolute atomic E-state index is 13.8. The molecule has 0 spiro atoms. The molecule has 0 N–H and O–H groups in total. The van der Waals surface area contributed by atoms with E-state index in [-0.39, 0.29) is 9.77 Å². The van der Waals surface area contributed by atoms with Crippen LogP contribution in [0.4, 0.5) is 5.82 Å². The van der Waals surface area contributed by atoms with Crippen molar-refractivity contribution >= 4 is 50.4 Å². The average Bonchev–Trinajstić information content (AvgIpc) is 3.43. The zero-order valence-electron chi connectivity index (χ0n) is 16.4. The largest absolute Gasteiger partial charge is 0.284 e. The molecule has 5 rings (SSSR count). The molecule has 2 aromatic carbocycles. The lowest BCUT2D eigenvalue weighted by atomic mass is 9.94. The molecule has 1 aliphatic heterocycles. The second-order valence-corrected chi connectivity index (χ2v) is 11.2. The van der Waals surface area contributed by atoms with Crippen LogP contribution in [0.1, 0.15) is 23.2 Å². The van der Waals surface area contributed by atoms with Crippen LogP contribution in [0.2, 0.25) is 10.0 Å². The fourth-order valence-electron chi connectivity index (χ4n) is 4.11. The van der Waals surface area contributed by atoms with Crippen molar-refractivity contribution in [3.05, 3.63) is 116 Å². The van der Waals surface area contributed by atoms with Gasteiger partial charge in [0.25, 0.3) is 15.6 Å². The summed E-state index contributed by atoms with van der Waals surface area (Å²) in [5, 5.41) is 2.81. The van der Waals surface area contributed by atoms with Gasteiger partial charge in [0.05, 0.1) is 12.1 Å². The van der Waals surface area contributed by atoms with E-state index in [9.17, 15) is 13.2 Å². The van der Waals surface area contributed by atoms with Crippen LogP contribution >= 0.6 is 34.5 Å². The molecule has 4 aromatic rings. The predicted octanol–water partition coefficient (Wildman–Crippen LogP) is 5.76. The first-order valence-corrected chi connectivity index (χ1v) is 12.8. The van der Waals surface area contributed by atoms with Gasteiger partial charge in [-0.1, -0.05) is 59.6 Å². The molecule has 2 atom stereocenters. The van der Waals surface area contributed by atoms with E-state index in [0.717, 1.165) is 22.5 Å². The minimum atomic E-state index is -3.95. The second-order valence-electron chi connectivity index (χ2n) is 7.32. The highest BCUT2D eigenvalue weighted by atomic mass is 35.5. The van der Waals surface area contributed by atoms with Gasteiger partial charge in [0.2, 0.25) is 0 Å². The maximum atomic E-state index is 13.8. The summed E-state index contributed by atoms with van der Waals surface area (Å²) in [5.41, 5.74) is 1.20. The number of thiophene rings is 1. The summed E-state index contributed by atoms with van der Waals surface area (Å²) in [4.78, 5) is 13.0. The molecule has 0 fully saturated rings. The Morgan fingerprint density at radius 3 is 1.91 bits per heavy atom. The minimum absolute atomic E-state index is 0.205. The van der Waals surface area contributed by atoms with Crippen LogP contribution in [0.5, 0.6) is 0 Å². The summed E-state index contributed by atoms with van der Waals surface area (Å²) < 4.78 is 30.7. The fraction of sp³-hybridized carbons (Fsp3) is 0.0870. The van der Waals surface area contributed by atoms with Crippen molar-refractivity contribution in [2.45, 2.75) is 16.3 Å². The van der Waals surface area contributed by atoms with E-state index < -0.39 is 22.1 Å². The molecule has 2 aromatic heterocycles. The molecule has 0 aliphatic carbocycles. The average molecular weight is 503 g/mol. The molecular weight excluding hydrogens is 487 g/mol. The van der Waals surface area contributed by atoms with E-state index in [1.807, 2.05) is 12.1 Å². The highest BCUT2D eigenvalue weighted by Crippen LogP contribution is 2.49. The van der Waals surface area contributed by atoms with Crippen LogP contribution in [0.15, 0.2) is 93.2 Å².